The highest BCUT2D eigenvalue weighted by Gasteiger charge is 2.20. The van der Waals surface area contributed by atoms with E-state index in [9.17, 15) is 13.6 Å². The predicted octanol–water partition coefficient (Wildman–Crippen LogP) is 2.87. The molecule has 0 aliphatic carbocycles. The summed E-state index contributed by atoms with van der Waals surface area (Å²) in [5.74, 6) is 0. The zero-order valence-corrected chi connectivity index (χ0v) is 9.88. The Morgan fingerprint density at radius 3 is 2.67 bits per heavy atom. The Morgan fingerprint density at radius 1 is 1.67 bits per heavy atom. The van der Waals surface area contributed by atoms with Crippen LogP contribution in [0, 0.1) is 14.9 Å². The van der Waals surface area contributed by atoms with Crippen LogP contribution in [0.5, 0.6) is 0 Å². The molecular weight excluding hydrogens is 340 g/mol. The minimum Gasteiger partial charge on any atom is -0.276 e. The number of hydrogen-bond donors (Lipinski definition) is 0. The van der Waals surface area contributed by atoms with E-state index in [1.165, 1.54) is 0 Å². The Labute approximate surface area is 102 Å². The van der Waals surface area contributed by atoms with Crippen LogP contribution in [0.1, 0.15) is 28.2 Å². The molecule has 0 saturated heterocycles. The molecule has 0 atom stereocenters. The van der Waals surface area contributed by atoms with Crippen LogP contribution in [0.4, 0.5) is 8.78 Å². The monoisotopic (exact) mass is 342 g/mol. The number of halogens is 4. The van der Waals surface area contributed by atoms with Gasteiger partial charge in [-0.3, -0.25) is 4.79 Å². The largest absolute Gasteiger partial charge is 0.281 e. The minimum atomic E-state index is -2.85. The average Bonchev–Trinajstić information content (AvgIpc) is 2.17. The Kier molecular flexibility index (Phi) is 3.93. The van der Waals surface area contributed by atoms with Crippen LogP contribution in [0.25, 0.3) is 0 Å². The zero-order valence-electron chi connectivity index (χ0n) is 6.97. The van der Waals surface area contributed by atoms with E-state index in [0.29, 0.717) is 0 Å². The zero-order chi connectivity index (χ0) is 11.6. The maximum Gasteiger partial charge on any atom is 0.281 e. The van der Waals surface area contributed by atoms with Crippen LogP contribution >= 0.6 is 34.2 Å². The van der Waals surface area contributed by atoms with Gasteiger partial charge >= 0.3 is 0 Å². The molecule has 15 heavy (non-hydrogen) atoms. The Balaban J connectivity index is 3.49. The predicted molar refractivity (Wildman–Crippen MR) is 56.8 cm³/mol. The number of hydrogen-bond acceptors (Lipinski definition) is 3. The van der Waals surface area contributed by atoms with Crippen molar-refractivity contribution >= 4 is 39.4 Å². The quantitative estimate of drug-likeness (QED) is 0.613. The molecule has 0 bridgehead atoms. The van der Waals surface area contributed by atoms with E-state index in [1.54, 1.807) is 28.7 Å². The van der Waals surface area contributed by atoms with Crippen molar-refractivity contribution in [2.45, 2.75) is 6.43 Å². The summed E-state index contributed by atoms with van der Waals surface area (Å²) in [6, 6.07) is 2.67. The molecule has 1 heterocycles. The van der Waals surface area contributed by atoms with E-state index in [2.05, 4.69) is 4.98 Å². The van der Waals surface area contributed by atoms with Gasteiger partial charge in [0.05, 0.1) is 9.13 Å². The van der Waals surface area contributed by atoms with E-state index >= 15 is 0 Å². The molecular formula is C8H2ClF2IN2O. The van der Waals surface area contributed by atoms with E-state index in [0.717, 1.165) is 6.07 Å². The van der Waals surface area contributed by atoms with E-state index in [-0.39, 0.29) is 14.8 Å². The molecule has 0 fully saturated rings. The van der Waals surface area contributed by atoms with Crippen molar-refractivity contribution in [2.75, 3.05) is 0 Å². The van der Waals surface area contributed by atoms with Gasteiger partial charge in [-0.2, -0.15) is 5.26 Å². The number of nitrogens with zero attached hydrogens (tertiary/aromatic N) is 2. The molecule has 0 amide bonds. The molecule has 0 aliphatic heterocycles. The number of carbonyl (C=O) groups excluding carboxylic acids is 1. The first-order valence-corrected chi connectivity index (χ1v) is 5.01. The van der Waals surface area contributed by atoms with Crippen LogP contribution in [0.15, 0.2) is 6.07 Å². The highest BCUT2D eigenvalue weighted by molar-refractivity contribution is 14.1. The molecule has 0 aromatic carbocycles. The summed E-state index contributed by atoms with van der Waals surface area (Å²) < 4.78 is 24.9. The van der Waals surface area contributed by atoms with Crippen LogP contribution in [0.2, 0.25) is 0 Å². The lowest BCUT2D eigenvalue weighted by atomic mass is 10.2. The van der Waals surface area contributed by atoms with E-state index in [1.807, 2.05) is 0 Å². The normalized spacial score (nSPS) is 10.1. The van der Waals surface area contributed by atoms with Crippen molar-refractivity contribution < 1.29 is 13.6 Å². The maximum absolute atomic E-state index is 12.5. The van der Waals surface area contributed by atoms with Gasteiger partial charge in [0.1, 0.15) is 17.5 Å². The van der Waals surface area contributed by atoms with Gasteiger partial charge in [-0.25, -0.2) is 13.8 Å². The number of nitriles is 1. The first-order valence-electron chi connectivity index (χ1n) is 3.56. The molecule has 1 aromatic heterocycles. The fourth-order valence-corrected chi connectivity index (χ4v) is 1.96. The second kappa shape index (κ2) is 4.81. The lowest BCUT2D eigenvalue weighted by Gasteiger charge is -2.05. The lowest BCUT2D eigenvalue weighted by molar-refractivity contribution is 0.107. The highest BCUT2D eigenvalue weighted by atomic mass is 127. The fourth-order valence-electron chi connectivity index (χ4n) is 0.894. The van der Waals surface area contributed by atoms with E-state index in [4.69, 9.17) is 16.9 Å². The van der Waals surface area contributed by atoms with Crippen LogP contribution < -0.4 is 0 Å². The second-order valence-electron chi connectivity index (χ2n) is 2.44. The number of alkyl halides is 2. The molecule has 0 unspecified atom stereocenters. The van der Waals surface area contributed by atoms with Gasteiger partial charge in [-0.15, -0.1) is 0 Å². The van der Waals surface area contributed by atoms with Gasteiger partial charge in [-0.1, -0.05) is 0 Å². The van der Waals surface area contributed by atoms with Crippen molar-refractivity contribution in [2.24, 2.45) is 0 Å². The van der Waals surface area contributed by atoms with Crippen molar-refractivity contribution in [3.05, 3.63) is 26.6 Å². The Hall–Kier alpha value is -0.810. The number of carbonyl (C=O) groups is 1. The van der Waals surface area contributed by atoms with Crippen molar-refractivity contribution in [3.8, 4) is 6.07 Å². The molecule has 78 valence electrons. The highest BCUT2D eigenvalue weighted by Crippen LogP contribution is 2.26. The standard InChI is InChI=1S/C8H2ClF2IN2O/c9-7(15)4-1-3(2-13)14-6(5(4)12)8(10)11/h1,8H. The summed E-state index contributed by atoms with van der Waals surface area (Å²) in [6.07, 6.45) is -2.85. The minimum absolute atomic E-state index is 0.0263. The van der Waals surface area contributed by atoms with Gasteiger partial charge < -0.3 is 0 Å². The number of rotatable bonds is 2. The summed E-state index contributed by atoms with van der Waals surface area (Å²) in [7, 11) is 0. The van der Waals surface area contributed by atoms with Crippen molar-refractivity contribution in [3.63, 3.8) is 0 Å². The number of aromatic nitrogens is 1. The molecule has 0 radical (unpaired) electrons. The third-order valence-corrected chi connectivity index (χ3v) is 2.85. The third-order valence-electron chi connectivity index (χ3n) is 1.52. The maximum atomic E-state index is 12.5. The van der Waals surface area contributed by atoms with Crippen LogP contribution in [0.3, 0.4) is 0 Å². The number of pyridine rings is 1. The summed E-state index contributed by atoms with van der Waals surface area (Å²) in [5.41, 5.74) is -0.979. The van der Waals surface area contributed by atoms with Gasteiger partial charge in [0.15, 0.2) is 0 Å². The molecule has 0 spiro atoms. The molecule has 1 aromatic rings. The van der Waals surface area contributed by atoms with Gasteiger partial charge in [0.25, 0.3) is 11.7 Å². The van der Waals surface area contributed by atoms with E-state index < -0.39 is 17.4 Å². The van der Waals surface area contributed by atoms with Crippen LogP contribution in [-0.2, 0) is 0 Å². The molecule has 7 heteroatoms. The summed E-state index contributed by atoms with van der Waals surface area (Å²) in [6.45, 7) is 0. The third kappa shape index (κ3) is 2.60. The van der Waals surface area contributed by atoms with Crippen molar-refractivity contribution in [1.29, 1.82) is 5.26 Å². The second-order valence-corrected chi connectivity index (χ2v) is 3.86. The molecule has 0 N–H and O–H groups in total. The van der Waals surface area contributed by atoms with Gasteiger partial charge in [0.2, 0.25) is 0 Å². The Bertz CT molecular complexity index is 459. The summed E-state index contributed by atoms with van der Waals surface area (Å²) >= 11 is 6.74. The topological polar surface area (TPSA) is 53.8 Å². The molecule has 3 nitrogen and oxygen atoms in total. The lowest BCUT2D eigenvalue weighted by Crippen LogP contribution is -2.04. The summed E-state index contributed by atoms with van der Waals surface area (Å²) in [4.78, 5) is 14.3. The average molecular weight is 342 g/mol. The van der Waals surface area contributed by atoms with Crippen LogP contribution in [-0.4, -0.2) is 10.2 Å². The van der Waals surface area contributed by atoms with Gasteiger partial charge in [-0.05, 0) is 40.3 Å². The first-order chi connectivity index (χ1) is 6.97. The molecule has 1 rings (SSSR count). The Morgan fingerprint density at radius 2 is 2.27 bits per heavy atom. The summed E-state index contributed by atoms with van der Waals surface area (Å²) in [5, 5.41) is 7.64. The van der Waals surface area contributed by atoms with Gasteiger partial charge in [0, 0.05) is 0 Å². The molecule has 0 aliphatic rings. The van der Waals surface area contributed by atoms with Crippen molar-refractivity contribution in [1.82, 2.24) is 4.98 Å². The fraction of sp³-hybridized carbons (Fsp3) is 0.125. The SMILES string of the molecule is N#Cc1cc(C(=O)Cl)c(I)c(C(F)F)n1. The molecule has 0 saturated carbocycles. The first kappa shape index (κ1) is 12.3. The smallest absolute Gasteiger partial charge is 0.276 e.